The van der Waals surface area contributed by atoms with Crippen LogP contribution in [0.5, 0.6) is 0 Å². The van der Waals surface area contributed by atoms with E-state index in [2.05, 4.69) is 23.9 Å². The highest BCUT2D eigenvalue weighted by Gasteiger charge is 2.17. The summed E-state index contributed by atoms with van der Waals surface area (Å²) in [7, 11) is 3.18. The number of carbonyl (C=O) groups excluding carboxylic acids is 1. The maximum atomic E-state index is 11.0. The van der Waals surface area contributed by atoms with Crippen molar-refractivity contribution in [3.8, 4) is 0 Å². The van der Waals surface area contributed by atoms with Crippen molar-refractivity contribution in [3.05, 3.63) is 0 Å². The smallest absolute Gasteiger partial charge is 0.322 e. The van der Waals surface area contributed by atoms with E-state index in [1.807, 2.05) is 0 Å². The monoisotopic (exact) mass is 161 g/mol. The lowest BCUT2D eigenvalue weighted by Gasteiger charge is -2.15. The van der Waals surface area contributed by atoms with Gasteiger partial charge in [0, 0.05) is 1.43 Å². The molecule has 0 aromatic carbocycles. The molecule has 0 aliphatic heterocycles. The second-order valence-electron chi connectivity index (χ2n) is 2.99. The predicted octanol–water partition coefficient (Wildman–Crippen LogP) is 1.04. The van der Waals surface area contributed by atoms with E-state index in [1.165, 1.54) is 7.11 Å². The highest BCUT2D eigenvalue weighted by Crippen LogP contribution is 2.04. The molecule has 1 N–H and O–H groups in total. The van der Waals surface area contributed by atoms with Gasteiger partial charge in [0.25, 0.3) is 0 Å². The first-order valence-electron chi connectivity index (χ1n) is 3.87. The zero-order valence-electron chi connectivity index (χ0n) is 7.68. The second kappa shape index (κ2) is 5.13. The van der Waals surface area contributed by atoms with Crippen molar-refractivity contribution in [1.29, 1.82) is 0 Å². The van der Waals surface area contributed by atoms with E-state index in [0.29, 0.717) is 5.92 Å². The number of rotatable bonds is 4. The van der Waals surface area contributed by atoms with E-state index in [0.717, 1.165) is 6.42 Å². The molecule has 0 saturated heterocycles. The molecule has 0 heterocycles. The van der Waals surface area contributed by atoms with Crippen molar-refractivity contribution in [2.24, 2.45) is 5.92 Å². The molecule has 0 rings (SSSR count). The maximum Gasteiger partial charge on any atom is 0.322 e. The fourth-order valence-electron chi connectivity index (χ4n) is 0.946. The molecule has 0 bridgehead atoms. The van der Waals surface area contributed by atoms with Gasteiger partial charge in [0.1, 0.15) is 6.04 Å². The SMILES string of the molecule is CNC(CC(C)C)C(=O)OC.[HH]. The lowest BCUT2D eigenvalue weighted by Crippen LogP contribution is -2.36. The Kier molecular flexibility index (Phi) is 4.86. The van der Waals surface area contributed by atoms with E-state index in [9.17, 15) is 4.79 Å². The van der Waals surface area contributed by atoms with Gasteiger partial charge in [-0.2, -0.15) is 0 Å². The van der Waals surface area contributed by atoms with Gasteiger partial charge >= 0.3 is 5.97 Å². The van der Waals surface area contributed by atoms with Crippen LogP contribution in [0, 0.1) is 5.92 Å². The minimum atomic E-state index is -0.179. The van der Waals surface area contributed by atoms with Crippen molar-refractivity contribution < 1.29 is 11.0 Å². The Labute approximate surface area is 69.6 Å². The molecule has 11 heavy (non-hydrogen) atoms. The topological polar surface area (TPSA) is 38.3 Å². The van der Waals surface area contributed by atoms with Crippen molar-refractivity contribution in [2.45, 2.75) is 26.3 Å². The van der Waals surface area contributed by atoms with Crippen LogP contribution >= 0.6 is 0 Å². The summed E-state index contributed by atoms with van der Waals surface area (Å²) >= 11 is 0. The summed E-state index contributed by atoms with van der Waals surface area (Å²) in [5.74, 6) is 0.327. The Bertz CT molecular complexity index is 128. The number of hydrogen-bond donors (Lipinski definition) is 1. The molecule has 1 unspecified atom stereocenters. The molecule has 0 aromatic rings. The molecule has 0 aliphatic rings. The minimum absolute atomic E-state index is 0. The van der Waals surface area contributed by atoms with Crippen LogP contribution < -0.4 is 5.32 Å². The third-order valence-electron chi connectivity index (χ3n) is 1.54. The zero-order valence-corrected chi connectivity index (χ0v) is 7.68. The molecular weight excluding hydrogens is 142 g/mol. The third kappa shape index (κ3) is 3.98. The van der Waals surface area contributed by atoms with Gasteiger partial charge in [0.15, 0.2) is 0 Å². The van der Waals surface area contributed by atoms with Crippen LogP contribution in [0.15, 0.2) is 0 Å². The number of methoxy groups -OCH3 is 1. The van der Waals surface area contributed by atoms with Crippen LogP contribution in [-0.2, 0) is 9.53 Å². The lowest BCUT2D eigenvalue weighted by atomic mass is 10.0. The first-order valence-corrected chi connectivity index (χ1v) is 3.87. The van der Waals surface area contributed by atoms with Crippen LogP contribution in [0.3, 0.4) is 0 Å². The Morgan fingerprint density at radius 2 is 2.18 bits per heavy atom. The van der Waals surface area contributed by atoms with Crippen molar-refractivity contribution in [1.82, 2.24) is 5.32 Å². The van der Waals surface area contributed by atoms with E-state index in [1.54, 1.807) is 7.05 Å². The summed E-state index contributed by atoms with van der Waals surface area (Å²) in [5, 5.41) is 2.91. The molecule has 1 atom stereocenters. The maximum absolute atomic E-state index is 11.0. The molecule has 68 valence electrons. The highest BCUT2D eigenvalue weighted by atomic mass is 16.5. The number of hydrogen-bond acceptors (Lipinski definition) is 3. The molecule has 0 spiro atoms. The fourth-order valence-corrected chi connectivity index (χ4v) is 0.946. The highest BCUT2D eigenvalue weighted by molar-refractivity contribution is 5.75. The Morgan fingerprint density at radius 1 is 1.64 bits per heavy atom. The quantitative estimate of drug-likeness (QED) is 0.626. The van der Waals surface area contributed by atoms with Gasteiger partial charge in [0.2, 0.25) is 0 Å². The number of carbonyl (C=O) groups is 1. The van der Waals surface area contributed by atoms with E-state index >= 15 is 0 Å². The first kappa shape index (κ1) is 10.4. The summed E-state index contributed by atoms with van der Waals surface area (Å²) in [4.78, 5) is 11.0. The number of ether oxygens (including phenoxy) is 1. The number of esters is 1. The average molecular weight is 161 g/mol. The van der Waals surface area contributed by atoms with Crippen LogP contribution in [-0.4, -0.2) is 26.2 Å². The molecular formula is C8H19NO2. The molecule has 0 amide bonds. The molecule has 0 saturated carbocycles. The summed E-state index contributed by atoms with van der Waals surface area (Å²) in [5.41, 5.74) is 0. The zero-order chi connectivity index (χ0) is 8.85. The van der Waals surface area contributed by atoms with Crippen molar-refractivity contribution in [2.75, 3.05) is 14.2 Å². The lowest BCUT2D eigenvalue weighted by molar-refractivity contribution is -0.143. The average Bonchev–Trinajstić information content (AvgIpc) is 1.98. The largest absolute Gasteiger partial charge is 0.468 e. The van der Waals surface area contributed by atoms with Gasteiger partial charge in [-0.05, 0) is 19.4 Å². The van der Waals surface area contributed by atoms with Gasteiger partial charge in [-0.3, -0.25) is 4.79 Å². The van der Waals surface area contributed by atoms with Gasteiger partial charge < -0.3 is 10.1 Å². The van der Waals surface area contributed by atoms with Crippen LogP contribution in [0.4, 0.5) is 0 Å². The number of nitrogens with one attached hydrogen (secondary N) is 1. The van der Waals surface area contributed by atoms with Crippen LogP contribution in [0.2, 0.25) is 0 Å². The summed E-state index contributed by atoms with van der Waals surface area (Å²) < 4.78 is 4.60. The summed E-state index contributed by atoms with van der Waals surface area (Å²) in [6.45, 7) is 4.15. The third-order valence-corrected chi connectivity index (χ3v) is 1.54. The molecule has 3 heteroatoms. The van der Waals surface area contributed by atoms with Crippen LogP contribution in [0.1, 0.15) is 21.7 Å². The van der Waals surface area contributed by atoms with E-state index < -0.39 is 0 Å². The van der Waals surface area contributed by atoms with Gasteiger partial charge in [0.05, 0.1) is 7.11 Å². The Balaban J connectivity index is 0. The van der Waals surface area contributed by atoms with Crippen molar-refractivity contribution >= 4 is 5.97 Å². The van der Waals surface area contributed by atoms with Gasteiger partial charge in [-0.15, -0.1) is 0 Å². The molecule has 0 fully saturated rings. The predicted molar refractivity (Wildman–Crippen MR) is 46.4 cm³/mol. The minimum Gasteiger partial charge on any atom is -0.468 e. The first-order chi connectivity index (χ1) is 5.11. The Hall–Kier alpha value is -0.570. The standard InChI is InChI=1S/C8H17NO2.H2/c1-6(2)5-7(9-3)8(10)11-4;/h6-7,9H,5H2,1-4H3;1H. The fraction of sp³-hybridized carbons (Fsp3) is 0.875. The van der Waals surface area contributed by atoms with Crippen molar-refractivity contribution in [3.63, 3.8) is 0 Å². The normalized spacial score (nSPS) is 13.2. The van der Waals surface area contributed by atoms with Crippen LogP contribution in [0.25, 0.3) is 0 Å². The Morgan fingerprint density at radius 3 is 2.45 bits per heavy atom. The number of likely N-dealkylation sites (N-methyl/N-ethyl adjacent to an activating group) is 1. The second-order valence-corrected chi connectivity index (χ2v) is 2.99. The summed E-state index contributed by atoms with van der Waals surface area (Å²) in [6.07, 6.45) is 0.823. The van der Waals surface area contributed by atoms with E-state index in [4.69, 9.17) is 0 Å². The molecule has 0 aromatic heterocycles. The summed E-state index contributed by atoms with van der Waals surface area (Å²) in [6, 6.07) is -0.153. The molecule has 0 radical (unpaired) electrons. The molecule has 0 aliphatic carbocycles. The molecule has 3 nitrogen and oxygen atoms in total. The van der Waals surface area contributed by atoms with Gasteiger partial charge in [-0.1, -0.05) is 13.8 Å². The van der Waals surface area contributed by atoms with Gasteiger partial charge in [-0.25, -0.2) is 0 Å². The van der Waals surface area contributed by atoms with E-state index in [-0.39, 0.29) is 13.4 Å².